The molecule has 0 aliphatic rings. The van der Waals surface area contributed by atoms with Crippen LogP contribution in [0.25, 0.3) is 0 Å². The number of carbonyl (C=O) groups is 2. The molecule has 0 aromatic carbocycles. The van der Waals surface area contributed by atoms with E-state index in [9.17, 15) is 9.59 Å². The molecule has 0 spiro atoms. The molecule has 96 valence electrons. The van der Waals surface area contributed by atoms with Crippen molar-refractivity contribution < 1.29 is 14.7 Å². The predicted octanol–water partition coefficient (Wildman–Crippen LogP) is 1.40. The maximum Gasteiger partial charge on any atom is 0.310 e. The van der Waals surface area contributed by atoms with E-state index >= 15 is 0 Å². The van der Waals surface area contributed by atoms with Crippen molar-refractivity contribution in [1.82, 2.24) is 5.32 Å². The van der Waals surface area contributed by atoms with Crippen molar-refractivity contribution in [3.05, 3.63) is 0 Å². The number of amides is 1. The van der Waals surface area contributed by atoms with Gasteiger partial charge in [0.2, 0.25) is 5.91 Å². The fourth-order valence-electron chi connectivity index (χ4n) is 1.24. The molecule has 0 aliphatic heterocycles. The number of carboxylic acid groups (broad SMARTS) is 1. The van der Waals surface area contributed by atoms with Crippen LogP contribution in [0, 0.1) is 28.6 Å². The van der Waals surface area contributed by atoms with Gasteiger partial charge in [0, 0.05) is 13.0 Å². The monoisotopic (exact) mass is 240 g/mol. The molecule has 0 aromatic heterocycles. The van der Waals surface area contributed by atoms with E-state index in [4.69, 9.17) is 10.4 Å². The van der Waals surface area contributed by atoms with Gasteiger partial charge in [0.15, 0.2) is 0 Å². The van der Waals surface area contributed by atoms with Crippen molar-refractivity contribution in [2.75, 3.05) is 6.54 Å². The highest BCUT2D eigenvalue weighted by atomic mass is 16.4. The van der Waals surface area contributed by atoms with Crippen molar-refractivity contribution in [2.24, 2.45) is 17.3 Å². The van der Waals surface area contributed by atoms with Crippen LogP contribution in [0.4, 0.5) is 0 Å². The quantitative estimate of drug-likeness (QED) is 0.734. The summed E-state index contributed by atoms with van der Waals surface area (Å²) in [6.07, 6.45) is -0.0713. The highest BCUT2D eigenvalue weighted by molar-refractivity contribution is 5.84. The lowest BCUT2D eigenvalue weighted by Gasteiger charge is -2.28. The second-order valence-electron chi connectivity index (χ2n) is 4.89. The molecule has 2 unspecified atom stereocenters. The van der Waals surface area contributed by atoms with Crippen LogP contribution in [0.15, 0.2) is 0 Å². The molecule has 0 aromatic rings. The van der Waals surface area contributed by atoms with Gasteiger partial charge in [-0.2, -0.15) is 5.26 Å². The Morgan fingerprint density at radius 1 is 1.41 bits per heavy atom. The van der Waals surface area contributed by atoms with E-state index in [2.05, 4.69) is 5.32 Å². The molecular weight excluding hydrogens is 220 g/mol. The van der Waals surface area contributed by atoms with Crippen molar-refractivity contribution in [1.29, 1.82) is 5.26 Å². The van der Waals surface area contributed by atoms with Crippen LogP contribution in [0.2, 0.25) is 0 Å². The number of nitrogens with zero attached hydrogens (tertiary/aromatic N) is 1. The maximum atomic E-state index is 11.6. The van der Waals surface area contributed by atoms with Gasteiger partial charge in [-0.3, -0.25) is 9.59 Å². The first kappa shape index (κ1) is 15.4. The summed E-state index contributed by atoms with van der Waals surface area (Å²) >= 11 is 0. The number of rotatable bonds is 6. The third kappa shape index (κ3) is 4.43. The van der Waals surface area contributed by atoms with E-state index in [0.717, 1.165) is 0 Å². The zero-order chi connectivity index (χ0) is 13.6. The van der Waals surface area contributed by atoms with E-state index in [-0.39, 0.29) is 30.7 Å². The summed E-state index contributed by atoms with van der Waals surface area (Å²) in [6, 6.07) is 2.00. The number of carboxylic acids is 1. The van der Waals surface area contributed by atoms with E-state index in [1.165, 1.54) is 0 Å². The Kier molecular flexibility index (Phi) is 5.66. The molecule has 2 N–H and O–H groups in total. The summed E-state index contributed by atoms with van der Waals surface area (Å²) in [4.78, 5) is 22.8. The Bertz CT molecular complexity index is 333. The van der Waals surface area contributed by atoms with Gasteiger partial charge in [0.05, 0.1) is 17.4 Å². The van der Waals surface area contributed by atoms with Crippen LogP contribution >= 0.6 is 0 Å². The average Bonchev–Trinajstić information content (AvgIpc) is 2.25. The zero-order valence-electron chi connectivity index (χ0n) is 10.8. The van der Waals surface area contributed by atoms with E-state index in [1.807, 2.05) is 6.07 Å². The molecule has 5 nitrogen and oxygen atoms in total. The highest BCUT2D eigenvalue weighted by Gasteiger charge is 2.38. The first-order chi connectivity index (χ1) is 7.74. The van der Waals surface area contributed by atoms with Gasteiger partial charge in [-0.25, -0.2) is 0 Å². The van der Waals surface area contributed by atoms with Crippen LogP contribution in [-0.4, -0.2) is 23.5 Å². The molecule has 17 heavy (non-hydrogen) atoms. The van der Waals surface area contributed by atoms with Crippen LogP contribution in [0.3, 0.4) is 0 Å². The Morgan fingerprint density at radius 2 is 1.94 bits per heavy atom. The number of hydrogen-bond donors (Lipinski definition) is 2. The lowest BCUT2D eigenvalue weighted by atomic mass is 9.76. The molecule has 0 saturated heterocycles. The lowest BCUT2D eigenvalue weighted by Crippen LogP contribution is -2.40. The molecule has 0 saturated carbocycles. The van der Waals surface area contributed by atoms with Crippen molar-refractivity contribution >= 4 is 11.9 Å². The molecule has 0 fully saturated rings. The smallest absolute Gasteiger partial charge is 0.310 e. The summed E-state index contributed by atoms with van der Waals surface area (Å²) in [5.74, 6) is -1.71. The summed E-state index contributed by atoms with van der Waals surface area (Å²) < 4.78 is 0. The van der Waals surface area contributed by atoms with Crippen molar-refractivity contribution in [3.63, 3.8) is 0 Å². The standard InChI is InChI=1S/C12H20N2O3/c1-8(2)12(4,11(16)17)5-10(15)14-7-9(3)6-13/h8-9H,5,7H2,1-4H3,(H,14,15)(H,16,17). The molecule has 2 atom stereocenters. The summed E-state index contributed by atoms with van der Waals surface area (Å²) in [5, 5.41) is 20.3. The summed E-state index contributed by atoms with van der Waals surface area (Å²) in [7, 11) is 0. The molecule has 1 amide bonds. The average molecular weight is 240 g/mol. The SMILES string of the molecule is CC(C#N)CNC(=O)CC(C)(C(=O)O)C(C)C. The Labute approximate surface area is 102 Å². The van der Waals surface area contributed by atoms with Crippen LogP contribution in [-0.2, 0) is 9.59 Å². The first-order valence-electron chi connectivity index (χ1n) is 5.63. The Morgan fingerprint density at radius 3 is 2.29 bits per heavy atom. The number of aliphatic carboxylic acids is 1. The van der Waals surface area contributed by atoms with Gasteiger partial charge >= 0.3 is 5.97 Å². The minimum Gasteiger partial charge on any atom is -0.481 e. The molecule has 0 radical (unpaired) electrons. The first-order valence-corrected chi connectivity index (χ1v) is 5.63. The van der Waals surface area contributed by atoms with Crippen LogP contribution in [0.1, 0.15) is 34.1 Å². The number of hydrogen-bond acceptors (Lipinski definition) is 3. The second-order valence-corrected chi connectivity index (χ2v) is 4.89. The minimum atomic E-state index is -1.07. The third-order valence-corrected chi connectivity index (χ3v) is 3.12. The van der Waals surface area contributed by atoms with E-state index < -0.39 is 11.4 Å². The van der Waals surface area contributed by atoms with Gasteiger partial charge in [0.1, 0.15) is 0 Å². The fraction of sp³-hybridized carbons (Fsp3) is 0.750. The van der Waals surface area contributed by atoms with Crippen molar-refractivity contribution in [3.8, 4) is 6.07 Å². The highest BCUT2D eigenvalue weighted by Crippen LogP contribution is 2.31. The zero-order valence-corrected chi connectivity index (χ0v) is 10.8. The van der Waals surface area contributed by atoms with Crippen LogP contribution < -0.4 is 5.32 Å². The fourth-order valence-corrected chi connectivity index (χ4v) is 1.24. The molecule has 0 heterocycles. The lowest BCUT2D eigenvalue weighted by molar-refractivity contribution is -0.153. The van der Waals surface area contributed by atoms with Gasteiger partial charge in [-0.1, -0.05) is 13.8 Å². The maximum absolute atomic E-state index is 11.6. The largest absolute Gasteiger partial charge is 0.481 e. The predicted molar refractivity (Wildman–Crippen MR) is 63.0 cm³/mol. The second kappa shape index (κ2) is 6.24. The summed E-state index contributed by atoms with van der Waals surface area (Å²) in [5.41, 5.74) is -1.07. The topological polar surface area (TPSA) is 90.2 Å². The molecule has 0 aliphatic carbocycles. The van der Waals surface area contributed by atoms with E-state index in [1.54, 1.807) is 27.7 Å². The van der Waals surface area contributed by atoms with Gasteiger partial charge < -0.3 is 10.4 Å². The summed E-state index contributed by atoms with van der Waals surface area (Å²) in [6.45, 7) is 7.06. The third-order valence-electron chi connectivity index (χ3n) is 3.12. The van der Waals surface area contributed by atoms with Gasteiger partial charge in [0.25, 0.3) is 0 Å². The Hall–Kier alpha value is -1.57. The Balaban J connectivity index is 4.45. The minimum absolute atomic E-state index is 0.0713. The van der Waals surface area contributed by atoms with Gasteiger partial charge in [-0.15, -0.1) is 0 Å². The number of nitrogens with one attached hydrogen (secondary N) is 1. The molecule has 5 heteroatoms. The molecule has 0 rings (SSSR count). The normalized spacial score (nSPS) is 15.8. The number of carbonyl (C=O) groups excluding carboxylic acids is 1. The van der Waals surface area contributed by atoms with Crippen molar-refractivity contribution in [2.45, 2.75) is 34.1 Å². The van der Waals surface area contributed by atoms with E-state index in [0.29, 0.717) is 0 Å². The number of nitriles is 1. The van der Waals surface area contributed by atoms with Crippen LogP contribution in [0.5, 0.6) is 0 Å². The molecular formula is C12H20N2O3. The van der Waals surface area contributed by atoms with Gasteiger partial charge in [-0.05, 0) is 19.8 Å². The molecule has 0 bridgehead atoms.